The Morgan fingerprint density at radius 2 is 1.84 bits per heavy atom. The number of carbonyl (C=O) groups is 2. The second-order valence-corrected chi connectivity index (χ2v) is 8.63. The summed E-state index contributed by atoms with van der Waals surface area (Å²) in [5.74, 6) is -6.85. The number of nitrogens with one attached hydrogen (secondary N) is 1. The van der Waals surface area contributed by atoms with Crippen LogP contribution in [0, 0.1) is 17.2 Å². The fourth-order valence-corrected chi connectivity index (χ4v) is 4.61. The van der Waals surface area contributed by atoms with E-state index in [0.29, 0.717) is 27.6 Å². The van der Waals surface area contributed by atoms with Crippen molar-refractivity contribution in [3.63, 3.8) is 0 Å². The molecular weight excluding hydrogens is 480 g/mol. The van der Waals surface area contributed by atoms with Crippen LogP contribution in [0.4, 0.5) is 0 Å². The van der Waals surface area contributed by atoms with Gasteiger partial charge in [-0.2, -0.15) is 0 Å². The topological polar surface area (TPSA) is 188 Å². The zero-order valence-corrected chi connectivity index (χ0v) is 20.1. The molecule has 0 fully saturated rings. The summed E-state index contributed by atoms with van der Waals surface area (Å²) in [6, 6.07) is 11.7. The molecule has 2 aromatic carbocycles. The molecule has 11 nitrogen and oxygen atoms in total. The van der Waals surface area contributed by atoms with Crippen LogP contribution in [0.3, 0.4) is 0 Å². The van der Waals surface area contributed by atoms with Gasteiger partial charge in [-0.15, -0.1) is 0 Å². The standard InChI is InChI=1S/C26H26N4O7/c1-36-21-6-4-3-5-15(21)17-9-14(16(25(33)34)12-22(31)32)10-18(26(17,35)37-2)24-29-19-8-7-13(23(27)28)11-20(19)30-24/h3-11,16,18,24,35H,12H2,1-2H3,(H3,27,28)(H,31,32)(H,33,34). The van der Waals surface area contributed by atoms with Gasteiger partial charge in [-0.3, -0.25) is 25.0 Å². The van der Waals surface area contributed by atoms with Crippen LogP contribution in [0.2, 0.25) is 0 Å². The highest BCUT2D eigenvalue weighted by atomic mass is 16.6. The molecule has 37 heavy (non-hydrogen) atoms. The Morgan fingerprint density at radius 1 is 1.14 bits per heavy atom. The minimum atomic E-state index is -2.03. The normalized spacial score (nSPS) is 23.0. The van der Waals surface area contributed by atoms with Gasteiger partial charge in [0, 0.05) is 23.8 Å². The highest BCUT2D eigenvalue weighted by molar-refractivity contribution is 5.94. The van der Waals surface area contributed by atoms with Crippen LogP contribution in [0.15, 0.2) is 70.2 Å². The van der Waals surface area contributed by atoms with Crippen molar-refractivity contribution in [2.45, 2.75) is 18.4 Å². The first-order valence-corrected chi connectivity index (χ1v) is 11.3. The summed E-state index contributed by atoms with van der Waals surface area (Å²) in [5.41, 5.74) is 6.81. The molecule has 2 aromatic rings. The van der Waals surface area contributed by atoms with Crippen molar-refractivity contribution in [2.24, 2.45) is 27.6 Å². The molecular formula is C26H26N4O7. The Labute approximate surface area is 211 Å². The van der Waals surface area contributed by atoms with Gasteiger partial charge in [-0.25, -0.2) is 0 Å². The summed E-state index contributed by atoms with van der Waals surface area (Å²) in [4.78, 5) is 32.8. The number of para-hydroxylation sites is 1. The van der Waals surface area contributed by atoms with Crippen molar-refractivity contribution in [3.8, 4) is 5.75 Å². The number of fused-ring (bicyclic) bond motifs is 1. The molecule has 0 bridgehead atoms. The van der Waals surface area contributed by atoms with E-state index in [9.17, 15) is 24.9 Å². The average Bonchev–Trinajstić information content (AvgIpc) is 3.30. The van der Waals surface area contributed by atoms with Crippen LogP contribution in [0.25, 0.3) is 5.57 Å². The number of allylic oxidation sites excluding steroid dienone is 1. The predicted molar refractivity (Wildman–Crippen MR) is 131 cm³/mol. The Hall–Kier alpha value is -4.35. The quantitative estimate of drug-likeness (QED) is 0.187. The third kappa shape index (κ3) is 4.74. The number of nitrogens with two attached hydrogens (primary N) is 1. The fraction of sp³-hybridized carbons (Fsp3) is 0.269. The van der Waals surface area contributed by atoms with E-state index in [0.717, 1.165) is 0 Å². The molecule has 0 saturated carbocycles. The highest BCUT2D eigenvalue weighted by Gasteiger charge is 2.49. The molecule has 4 rings (SSSR count). The van der Waals surface area contributed by atoms with Crippen LogP contribution >= 0.6 is 0 Å². The second kappa shape index (κ2) is 9.96. The van der Waals surface area contributed by atoms with E-state index in [4.69, 9.17) is 20.6 Å². The molecule has 0 radical (unpaired) electrons. The van der Waals surface area contributed by atoms with Crippen molar-refractivity contribution in [1.82, 2.24) is 0 Å². The van der Waals surface area contributed by atoms with Gasteiger partial charge in [0.05, 0.1) is 36.1 Å². The van der Waals surface area contributed by atoms with Gasteiger partial charge in [0.1, 0.15) is 11.6 Å². The number of nitrogen functional groups attached to an aromatic ring is 1. The molecule has 1 heterocycles. The van der Waals surface area contributed by atoms with E-state index in [2.05, 4.69) is 9.98 Å². The van der Waals surface area contributed by atoms with E-state index in [-0.39, 0.29) is 17.0 Å². The van der Waals surface area contributed by atoms with Crippen LogP contribution in [0.1, 0.15) is 17.5 Å². The SMILES string of the molecule is COc1ccccc1C1=CC(C(CC(=O)O)C(=O)O)=CC(C2N=c3ccc(C(=N)N)cc3=N2)C1(O)OC. The fourth-order valence-electron chi connectivity index (χ4n) is 4.61. The highest BCUT2D eigenvalue weighted by Crippen LogP contribution is 2.46. The number of benzene rings is 2. The Balaban J connectivity index is 1.93. The summed E-state index contributed by atoms with van der Waals surface area (Å²) >= 11 is 0. The first-order chi connectivity index (χ1) is 17.6. The Bertz CT molecular complexity index is 1470. The largest absolute Gasteiger partial charge is 0.496 e. The molecule has 0 aromatic heterocycles. The first kappa shape index (κ1) is 25.7. The lowest BCUT2D eigenvalue weighted by atomic mass is 9.76. The van der Waals surface area contributed by atoms with E-state index in [1.165, 1.54) is 26.4 Å². The van der Waals surface area contributed by atoms with E-state index in [1.807, 2.05) is 0 Å². The lowest BCUT2D eigenvalue weighted by molar-refractivity contribution is -0.168. The molecule has 6 N–H and O–H groups in total. The summed E-state index contributed by atoms with van der Waals surface area (Å²) in [6.45, 7) is 0. The lowest BCUT2D eigenvalue weighted by Gasteiger charge is -2.40. The summed E-state index contributed by atoms with van der Waals surface area (Å²) in [5, 5.41) is 39.8. The monoisotopic (exact) mass is 506 g/mol. The minimum Gasteiger partial charge on any atom is -0.496 e. The maximum Gasteiger partial charge on any atom is 0.311 e. The Kier molecular flexibility index (Phi) is 6.92. The number of rotatable bonds is 9. The van der Waals surface area contributed by atoms with Gasteiger partial charge < -0.3 is 30.5 Å². The number of ether oxygens (including phenoxy) is 2. The van der Waals surface area contributed by atoms with Crippen molar-refractivity contribution >= 4 is 23.3 Å². The number of hydrogen-bond donors (Lipinski definition) is 5. The number of carboxylic acids is 2. The van der Waals surface area contributed by atoms with Gasteiger partial charge in [0.2, 0.25) is 5.79 Å². The number of methoxy groups -OCH3 is 2. The van der Waals surface area contributed by atoms with Crippen LogP contribution in [-0.2, 0) is 14.3 Å². The summed E-state index contributed by atoms with van der Waals surface area (Å²) < 4.78 is 11.1. The molecule has 2 aliphatic rings. The first-order valence-electron chi connectivity index (χ1n) is 11.3. The van der Waals surface area contributed by atoms with E-state index >= 15 is 0 Å². The summed E-state index contributed by atoms with van der Waals surface area (Å²) in [6.07, 6.45) is 1.26. The maximum atomic E-state index is 12.1. The Morgan fingerprint density at radius 3 is 2.46 bits per heavy atom. The molecule has 0 spiro atoms. The van der Waals surface area contributed by atoms with Crippen LogP contribution in [-0.4, -0.2) is 59.3 Å². The van der Waals surface area contributed by atoms with Crippen molar-refractivity contribution < 1.29 is 34.4 Å². The molecule has 1 aliphatic heterocycles. The molecule has 0 amide bonds. The average molecular weight is 507 g/mol. The maximum absolute atomic E-state index is 12.1. The molecule has 0 saturated heterocycles. The van der Waals surface area contributed by atoms with E-state index in [1.54, 1.807) is 42.5 Å². The van der Waals surface area contributed by atoms with Gasteiger partial charge in [-0.1, -0.05) is 24.3 Å². The number of aliphatic carboxylic acids is 2. The van der Waals surface area contributed by atoms with Crippen molar-refractivity contribution in [1.29, 1.82) is 5.41 Å². The third-order valence-electron chi connectivity index (χ3n) is 6.46. The number of amidine groups is 1. The molecule has 11 heteroatoms. The van der Waals surface area contributed by atoms with Crippen molar-refractivity contribution in [3.05, 3.63) is 82.0 Å². The molecule has 4 unspecified atom stereocenters. The van der Waals surface area contributed by atoms with Crippen molar-refractivity contribution in [2.75, 3.05) is 14.2 Å². The number of hydrogen-bond acceptors (Lipinski definition) is 8. The zero-order chi connectivity index (χ0) is 26.9. The lowest BCUT2D eigenvalue weighted by Crippen LogP contribution is -2.47. The minimum absolute atomic E-state index is 0.144. The summed E-state index contributed by atoms with van der Waals surface area (Å²) in [7, 11) is 2.76. The van der Waals surface area contributed by atoms with Crippen LogP contribution in [0.5, 0.6) is 5.75 Å². The zero-order valence-electron chi connectivity index (χ0n) is 20.1. The molecule has 1 aliphatic carbocycles. The number of aliphatic hydroxyl groups is 1. The van der Waals surface area contributed by atoms with Gasteiger partial charge >= 0.3 is 11.9 Å². The van der Waals surface area contributed by atoms with Gasteiger partial charge in [-0.05, 0) is 35.9 Å². The molecule has 192 valence electrons. The third-order valence-corrected chi connectivity index (χ3v) is 6.46. The second-order valence-electron chi connectivity index (χ2n) is 8.63. The number of nitrogens with zero attached hydrogens (tertiary/aromatic N) is 2. The van der Waals surface area contributed by atoms with E-state index < -0.39 is 42.1 Å². The molecule has 4 atom stereocenters. The number of carboxylic acid groups (broad SMARTS) is 2. The smallest absolute Gasteiger partial charge is 0.311 e. The van der Waals surface area contributed by atoms with Gasteiger partial charge in [0.25, 0.3) is 0 Å². The van der Waals surface area contributed by atoms with Crippen LogP contribution < -0.4 is 21.2 Å². The van der Waals surface area contributed by atoms with Gasteiger partial charge in [0.15, 0.2) is 6.17 Å². The predicted octanol–water partition coefficient (Wildman–Crippen LogP) is 0.708.